The fraction of sp³-hybridized carbons (Fsp3) is 0.667. The maximum Gasteiger partial charge on any atom is 0.216 e. The van der Waals surface area contributed by atoms with Crippen molar-refractivity contribution in [2.24, 2.45) is 5.41 Å². The normalized spacial score (nSPS) is 11.9. The largest absolute Gasteiger partial charge is 0.477 e. The van der Waals surface area contributed by atoms with Gasteiger partial charge in [0, 0.05) is 18.2 Å². The van der Waals surface area contributed by atoms with Gasteiger partial charge in [0.25, 0.3) is 0 Å². The van der Waals surface area contributed by atoms with Crippen LogP contribution in [0.25, 0.3) is 0 Å². The van der Waals surface area contributed by atoms with Gasteiger partial charge in [-0.05, 0) is 5.41 Å². The Hall–Kier alpha value is -1.12. The lowest BCUT2D eigenvalue weighted by Crippen LogP contribution is -2.17. The van der Waals surface area contributed by atoms with Crippen molar-refractivity contribution >= 4 is 0 Å². The molecule has 1 aromatic heterocycles. The van der Waals surface area contributed by atoms with Gasteiger partial charge in [-0.25, -0.2) is 4.98 Å². The number of nitrogens with zero attached hydrogens (tertiary/aromatic N) is 2. The van der Waals surface area contributed by atoms with E-state index in [-0.39, 0.29) is 5.41 Å². The van der Waals surface area contributed by atoms with Crippen LogP contribution in [0.3, 0.4) is 0 Å². The Morgan fingerprint density at radius 1 is 1.33 bits per heavy atom. The average Bonchev–Trinajstić information content (AvgIpc) is 2.14. The molecule has 0 aliphatic heterocycles. The third-order valence-corrected chi connectivity index (χ3v) is 1.82. The lowest BCUT2D eigenvalue weighted by molar-refractivity contribution is 0.190. The SMILES string of the molecule is CC(C)c1nccc(OCC(C)(C)C)n1. The fourth-order valence-electron chi connectivity index (χ4n) is 1.01. The van der Waals surface area contributed by atoms with E-state index in [0.29, 0.717) is 18.4 Å². The highest BCUT2D eigenvalue weighted by Gasteiger charge is 2.12. The van der Waals surface area contributed by atoms with Gasteiger partial charge < -0.3 is 4.74 Å². The predicted octanol–water partition coefficient (Wildman–Crippen LogP) is 3.02. The average molecular weight is 208 g/mol. The number of rotatable bonds is 3. The highest BCUT2D eigenvalue weighted by molar-refractivity contribution is 5.10. The molecule has 3 heteroatoms. The summed E-state index contributed by atoms with van der Waals surface area (Å²) in [6, 6.07) is 1.80. The molecule has 0 amide bonds. The minimum atomic E-state index is 0.156. The molecule has 1 aromatic rings. The summed E-state index contributed by atoms with van der Waals surface area (Å²) in [4.78, 5) is 8.53. The first kappa shape index (κ1) is 12.0. The second-order valence-electron chi connectivity index (χ2n) is 5.26. The molecule has 0 saturated heterocycles. The van der Waals surface area contributed by atoms with E-state index >= 15 is 0 Å². The molecule has 0 aliphatic carbocycles. The Morgan fingerprint density at radius 3 is 2.53 bits per heavy atom. The van der Waals surface area contributed by atoms with Crippen molar-refractivity contribution in [2.75, 3.05) is 6.61 Å². The molecule has 0 fully saturated rings. The van der Waals surface area contributed by atoms with Gasteiger partial charge in [-0.1, -0.05) is 34.6 Å². The first-order valence-electron chi connectivity index (χ1n) is 5.34. The quantitative estimate of drug-likeness (QED) is 0.765. The first-order valence-corrected chi connectivity index (χ1v) is 5.34. The molecule has 0 spiro atoms. The van der Waals surface area contributed by atoms with Crippen molar-refractivity contribution < 1.29 is 4.74 Å². The molecular formula is C12H20N2O. The van der Waals surface area contributed by atoms with Crippen LogP contribution in [0.15, 0.2) is 12.3 Å². The molecule has 0 atom stereocenters. The van der Waals surface area contributed by atoms with Crippen molar-refractivity contribution in [1.82, 2.24) is 9.97 Å². The lowest BCUT2D eigenvalue weighted by atomic mass is 9.99. The molecule has 0 saturated carbocycles. The number of hydrogen-bond donors (Lipinski definition) is 0. The summed E-state index contributed by atoms with van der Waals surface area (Å²) in [6.07, 6.45) is 1.75. The van der Waals surface area contributed by atoms with E-state index in [1.807, 2.05) is 0 Å². The van der Waals surface area contributed by atoms with Crippen LogP contribution in [-0.4, -0.2) is 16.6 Å². The van der Waals surface area contributed by atoms with Gasteiger partial charge >= 0.3 is 0 Å². The van der Waals surface area contributed by atoms with Crippen LogP contribution >= 0.6 is 0 Å². The predicted molar refractivity (Wildman–Crippen MR) is 61.1 cm³/mol. The van der Waals surface area contributed by atoms with Crippen molar-refractivity contribution in [2.45, 2.75) is 40.5 Å². The summed E-state index contributed by atoms with van der Waals surface area (Å²) in [6.45, 7) is 11.2. The minimum Gasteiger partial charge on any atom is -0.477 e. The van der Waals surface area contributed by atoms with Gasteiger partial charge in [-0.3, -0.25) is 0 Å². The highest BCUT2D eigenvalue weighted by atomic mass is 16.5. The summed E-state index contributed by atoms with van der Waals surface area (Å²) in [5.74, 6) is 1.84. The van der Waals surface area contributed by atoms with Crippen molar-refractivity contribution in [3.8, 4) is 5.88 Å². The Bertz CT molecular complexity index is 316. The van der Waals surface area contributed by atoms with E-state index in [9.17, 15) is 0 Å². The highest BCUT2D eigenvalue weighted by Crippen LogP contribution is 2.17. The second kappa shape index (κ2) is 4.60. The molecule has 0 aliphatic rings. The number of aromatic nitrogens is 2. The molecule has 1 rings (SSSR count). The van der Waals surface area contributed by atoms with Gasteiger partial charge in [-0.15, -0.1) is 0 Å². The van der Waals surface area contributed by atoms with E-state index < -0.39 is 0 Å². The zero-order valence-electron chi connectivity index (χ0n) is 10.2. The zero-order chi connectivity index (χ0) is 11.5. The zero-order valence-corrected chi connectivity index (χ0v) is 10.2. The van der Waals surface area contributed by atoms with Crippen LogP contribution in [0.1, 0.15) is 46.4 Å². The van der Waals surface area contributed by atoms with Gasteiger partial charge in [0.05, 0.1) is 6.61 Å². The molecule has 1 heterocycles. The van der Waals surface area contributed by atoms with Gasteiger partial charge in [0.1, 0.15) is 5.82 Å². The van der Waals surface area contributed by atoms with Gasteiger partial charge in [0.15, 0.2) is 0 Å². The summed E-state index contributed by atoms with van der Waals surface area (Å²) in [5, 5.41) is 0. The molecular weight excluding hydrogens is 188 g/mol. The Morgan fingerprint density at radius 2 is 2.00 bits per heavy atom. The van der Waals surface area contributed by atoms with Crippen LogP contribution < -0.4 is 4.74 Å². The van der Waals surface area contributed by atoms with Crippen molar-refractivity contribution in [3.63, 3.8) is 0 Å². The van der Waals surface area contributed by atoms with E-state index in [4.69, 9.17) is 4.74 Å². The van der Waals surface area contributed by atoms with Gasteiger partial charge in [-0.2, -0.15) is 4.98 Å². The minimum absolute atomic E-state index is 0.156. The Kier molecular flexibility index (Phi) is 3.66. The van der Waals surface area contributed by atoms with E-state index in [1.165, 1.54) is 0 Å². The topological polar surface area (TPSA) is 35.0 Å². The Labute approximate surface area is 91.9 Å². The molecule has 3 nitrogen and oxygen atoms in total. The molecule has 0 radical (unpaired) electrons. The second-order valence-corrected chi connectivity index (χ2v) is 5.26. The maximum atomic E-state index is 5.61. The number of hydrogen-bond acceptors (Lipinski definition) is 3. The lowest BCUT2D eigenvalue weighted by Gasteiger charge is -2.18. The van der Waals surface area contributed by atoms with Crippen LogP contribution in [0.4, 0.5) is 0 Å². The Balaban J connectivity index is 2.66. The van der Waals surface area contributed by atoms with Crippen molar-refractivity contribution in [1.29, 1.82) is 0 Å². The molecule has 0 aromatic carbocycles. The molecule has 15 heavy (non-hydrogen) atoms. The maximum absolute atomic E-state index is 5.61. The molecule has 0 unspecified atom stereocenters. The molecule has 84 valence electrons. The third-order valence-electron chi connectivity index (χ3n) is 1.82. The molecule has 0 N–H and O–H groups in total. The fourth-order valence-corrected chi connectivity index (χ4v) is 1.01. The van der Waals surface area contributed by atoms with Crippen LogP contribution in [0.2, 0.25) is 0 Å². The number of ether oxygens (including phenoxy) is 1. The summed E-state index contributed by atoms with van der Waals surface area (Å²) in [7, 11) is 0. The van der Waals surface area contributed by atoms with Crippen LogP contribution in [0, 0.1) is 5.41 Å². The van der Waals surface area contributed by atoms with Crippen molar-refractivity contribution in [3.05, 3.63) is 18.1 Å². The van der Waals surface area contributed by atoms with Crippen LogP contribution in [0.5, 0.6) is 5.88 Å². The first-order chi connectivity index (χ1) is 6.88. The smallest absolute Gasteiger partial charge is 0.216 e. The monoisotopic (exact) mass is 208 g/mol. The van der Waals surface area contributed by atoms with Crippen LogP contribution in [-0.2, 0) is 0 Å². The summed E-state index contributed by atoms with van der Waals surface area (Å²) in [5.41, 5.74) is 0.156. The van der Waals surface area contributed by atoms with E-state index in [1.54, 1.807) is 12.3 Å². The van der Waals surface area contributed by atoms with E-state index in [0.717, 1.165) is 5.82 Å². The molecule has 0 bridgehead atoms. The summed E-state index contributed by atoms with van der Waals surface area (Å²) < 4.78 is 5.61. The standard InChI is InChI=1S/C12H20N2O/c1-9(2)11-13-7-6-10(14-11)15-8-12(3,4)5/h6-7,9H,8H2,1-5H3. The summed E-state index contributed by atoms with van der Waals surface area (Å²) >= 11 is 0. The third kappa shape index (κ3) is 4.28. The van der Waals surface area contributed by atoms with E-state index in [2.05, 4.69) is 44.6 Å². The van der Waals surface area contributed by atoms with Gasteiger partial charge in [0.2, 0.25) is 5.88 Å².